The predicted octanol–water partition coefficient (Wildman–Crippen LogP) is 1.98. The number of aromatic nitrogens is 3. The van der Waals surface area contributed by atoms with Crippen molar-refractivity contribution in [2.45, 2.75) is 26.4 Å². The zero-order valence-electron chi connectivity index (χ0n) is 11.8. The van der Waals surface area contributed by atoms with Gasteiger partial charge in [0.15, 0.2) is 0 Å². The van der Waals surface area contributed by atoms with Gasteiger partial charge in [0, 0.05) is 32.0 Å². The zero-order valence-corrected chi connectivity index (χ0v) is 11.8. The van der Waals surface area contributed by atoms with E-state index in [4.69, 9.17) is 4.74 Å². The van der Waals surface area contributed by atoms with Gasteiger partial charge < -0.3 is 10.1 Å². The Kier molecular flexibility index (Phi) is 4.16. The summed E-state index contributed by atoms with van der Waals surface area (Å²) < 4.78 is 7.15. The summed E-state index contributed by atoms with van der Waals surface area (Å²) in [6.45, 7) is 4.86. The highest BCUT2D eigenvalue weighted by atomic mass is 16.5. The normalized spacial score (nSPS) is 12.4. The molecule has 0 bridgehead atoms. The van der Waals surface area contributed by atoms with E-state index in [1.807, 2.05) is 38.5 Å². The van der Waals surface area contributed by atoms with E-state index in [0.29, 0.717) is 0 Å². The van der Waals surface area contributed by atoms with Crippen LogP contribution >= 0.6 is 0 Å². The van der Waals surface area contributed by atoms with Gasteiger partial charge in [0.25, 0.3) is 0 Å². The van der Waals surface area contributed by atoms with E-state index >= 15 is 0 Å². The molecule has 19 heavy (non-hydrogen) atoms. The fourth-order valence-corrected chi connectivity index (χ4v) is 2.16. The Bertz CT molecular complexity index is 536. The molecule has 5 nitrogen and oxygen atoms in total. The number of rotatable bonds is 5. The van der Waals surface area contributed by atoms with Crippen molar-refractivity contribution in [1.29, 1.82) is 0 Å². The van der Waals surface area contributed by atoms with Crippen molar-refractivity contribution in [2.75, 3.05) is 7.11 Å². The van der Waals surface area contributed by atoms with Crippen molar-refractivity contribution in [2.24, 2.45) is 7.05 Å². The number of methoxy groups -OCH3 is 1. The molecule has 0 amide bonds. The summed E-state index contributed by atoms with van der Waals surface area (Å²) in [5.74, 6) is 0.812. The van der Waals surface area contributed by atoms with Crippen LogP contribution in [-0.2, 0) is 13.6 Å². The van der Waals surface area contributed by atoms with Gasteiger partial charge in [-0.3, -0.25) is 4.98 Å². The summed E-state index contributed by atoms with van der Waals surface area (Å²) in [6, 6.07) is 4.29. The molecule has 0 aliphatic carbocycles. The molecule has 1 atom stereocenters. The molecule has 0 unspecified atom stereocenters. The van der Waals surface area contributed by atoms with E-state index in [1.54, 1.807) is 11.8 Å². The Morgan fingerprint density at radius 3 is 2.68 bits per heavy atom. The quantitative estimate of drug-likeness (QED) is 0.893. The maximum Gasteiger partial charge on any atom is 0.216 e. The van der Waals surface area contributed by atoms with Gasteiger partial charge in [-0.2, -0.15) is 5.10 Å². The van der Waals surface area contributed by atoms with Gasteiger partial charge in [0.05, 0.1) is 18.4 Å². The van der Waals surface area contributed by atoms with E-state index in [0.717, 1.165) is 23.7 Å². The highest BCUT2D eigenvalue weighted by Gasteiger charge is 2.14. The summed E-state index contributed by atoms with van der Waals surface area (Å²) in [6.07, 6.45) is 3.62. The van der Waals surface area contributed by atoms with E-state index < -0.39 is 0 Å². The molecule has 0 saturated carbocycles. The first-order chi connectivity index (χ1) is 9.13. The predicted molar refractivity (Wildman–Crippen MR) is 74.0 cm³/mol. The molecule has 2 rings (SSSR count). The first kappa shape index (κ1) is 13.5. The van der Waals surface area contributed by atoms with E-state index in [2.05, 4.69) is 22.3 Å². The number of hydrogen-bond acceptors (Lipinski definition) is 4. The molecule has 2 heterocycles. The van der Waals surface area contributed by atoms with Crippen LogP contribution < -0.4 is 10.1 Å². The molecule has 0 saturated heterocycles. The fourth-order valence-electron chi connectivity index (χ4n) is 2.16. The second-order valence-corrected chi connectivity index (χ2v) is 4.58. The third-order valence-corrected chi connectivity index (χ3v) is 3.27. The lowest BCUT2D eigenvalue weighted by atomic mass is 10.1. The van der Waals surface area contributed by atoms with Gasteiger partial charge in [0.2, 0.25) is 5.88 Å². The first-order valence-electron chi connectivity index (χ1n) is 6.33. The highest BCUT2D eigenvalue weighted by molar-refractivity contribution is 5.31. The minimum Gasteiger partial charge on any atom is -0.481 e. The van der Waals surface area contributed by atoms with Crippen LogP contribution in [0.3, 0.4) is 0 Å². The Morgan fingerprint density at radius 1 is 1.37 bits per heavy atom. The van der Waals surface area contributed by atoms with Gasteiger partial charge in [-0.1, -0.05) is 0 Å². The summed E-state index contributed by atoms with van der Waals surface area (Å²) in [4.78, 5) is 4.03. The van der Waals surface area contributed by atoms with Crippen molar-refractivity contribution in [3.63, 3.8) is 0 Å². The lowest BCUT2D eigenvalue weighted by Gasteiger charge is -2.14. The average molecular weight is 260 g/mol. The number of nitrogens with one attached hydrogen (secondary N) is 1. The van der Waals surface area contributed by atoms with Crippen LogP contribution in [0.25, 0.3) is 0 Å². The molecule has 2 aromatic rings. The fraction of sp³-hybridized carbons (Fsp3) is 0.429. The molecular weight excluding hydrogens is 240 g/mol. The van der Waals surface area contributed by atoms with Crippen LogP contribution in [0.4, 0.5) is 0 Å². The number of aryl methyl sites for hydroxylation is 2. The molecule has 0 spiro atoms. The molecule has 0 aliphatic heterocycles. The first-order valence-corrected chi connectivity index (χ1v) is 6.33. The maximum absolute atomic E-state index is 5.39. The molecular formula is C14H20N4O. The monoisotopic (exact) mass is 260 g/mol. The standard InChI is InChI=1S/C14H20N4O/c1-10(12-5-7-15-8-6-12)16-9-13-11(2)17-18(3)14(13)19-4/h5-8,10,16H,9H2,1-4H3/t10-/m0/s1. The second-order valence-electron chi connectivity index (χ2n) is 4.58. The summed E-state index contributed by atoms with van der Waals surface area (Å²) in [7, 11) is 3.56. The molecule has 0 fully saturated rings. The number of nitrogens with zero attached hydrogens (tertiary/aromatic N) is 3. The Hall–Kier alpha value is -1.88. The molecule has 0 aliphatic rings. The van der Waals surface area contributed by atoms with Crippen molar-refractivity contribution in [3.05, 3.63) is 41.3 Å². The van der Waals surface area contributed by atoms with Gasteiger partial charge in [0.1, 0.15) is 0 Å². The lowest BCUT2D eigenvalue weighted by molar-refractivity contribution is 0.367. The van der Waals surface area contributed by atoms with Crippen molar-refractivity contribution in [1.82, 2.24) is 20.1 Å². The smallest absolute Gasteiger partial charge is 0.216 e. The van der Waals surface area contributed by atoms with Crippen molar-refractivity contribution < 1.29 is 4.74 Å². The molecule has 5 heteroatoms. The van der Waals surface area contributed by atoms with Crippen LogP contribution in [0.15, 0.2) is 24.5 Å². The van der Waals surface area contributed by atoms with Gasteiger partial charge in [-0.15, -0.1) is 0 Å². The third kappa shape index (κ3) is 2.93. The molecule has 102 valence electrons. The summed E-state index contributed by atoms with van der Waals surface area (Å²) in [5.41, 5.74) is 3.31. The van der Waals surface area contributed by atoms with E-state index in [9.17, 15) is 0 Å². The number of hydrogen-bond donors (Lipinski definition) is 1. The Labute approximate surface area is 113 Å². The van der Waals surface area contributed by atoms with Crippen LogP contribution in [0.2, 0.25) is 0 Å². The maximum atomic E-state index is 5.39. The average Bonchev–Trinajstić information content (AvgIpc) is 2.70. The lowest BCUT2D eigenvalue weighted by Crippen LogP contribution is -2.18. The Balaban J connectivity index is 2.07. The second kappa shape index (κ2) is 5.84. The molecule has 0 aromatic carbocycles. The third-order valence-electron chi connectivity index (χ3n) is 3.27. The van der Waals surface area contributed by atoms with E-state index in [1.165, 1.54) is 5.56 Å². The van der Waals surface area contributed by atoms with Crippen molar-refractivity contribution >= 4 is 0 Å². The van der Waals surface area contributed by atoms with Crippen LogP contribution in [-0.4, -0.2) is 21.9 Å². The van der Waals surface area contributed by atoms with Gasteiger partial charge >= 0.3 is 0 Å². The molecule has 1 N–H and O–H groups in total. The topological polar surface area (TPSA) is 52.0 Å². The van der Waals surface area contributed by atoms with Crippen LogP contribution in [0.1, 0.15) is 29.8 Å². The number of pyridine rings is 1. The summed E-state index contributed by atoms with van der Waals surface area (Å²) in [5, 5.41) is 7.86. The SMILES string of the molecule is COc1c(CN[C@@H](C)c2ccncc2)c(C)nn1C. The molecule has 0 radical (unpaired) electrons. The van der Waals surface area contributed by atoms with Crippen molar-refractivity contribution in [3.8, 4) is 5.88 Å². The van der Waals surface area contributed by atoms with Gasteiger partial charge in [-0.05, 0) is 31.5 Å². The minimum atomic E-state index is 0.257. The molecule has 2 aromatic heterocycles. The van der Waals surface area contributed by atoms with Crippen LogP contribution in [0, 0.1) is 6.92 Å². The zero-order chi connectivity index (χ0) is 13.8. The number of ether oxygens (including phenoxy) is 1. The largest absolute Gasteiger partial charge is 0.481 e. The highest BCUT2D eigenvalue weighted by Crippen LogP contribution is 2.21. The van der Waals surface area contributed by atoms with Crippen LogP contribution in [0.5, 0.6) is 5.88 Å². The van der Waals surface area contributed by atoms with E-state index in [-0.39, 0.29) is 6.04 Å². The Morgan fingerprint density at radius 2 is 2.05 bits per heavy atom. The minimum absolute atomic E-state index is 0.257. The van der Waals surface area contributed by atoms with Gasteiger partial charge in [-0.25, -0.2) is 4.68 Å². The summed E-state index contributed by atoms with van der Waals surface area (Å²) >= 11 is 0.